The van der Waals surface area contributed by atoms with Crippen molar-refractivity contribution >= 4 is 27.0 Å². The van der Waals surface area contributed by atoms with Gasteiger partial charge in [0.2, 0.25) is 21.7 Å². The van der Waals surface area contributed by atoms with Gasteiger partial charge in [-0.3, -0.25) is 4.72 Å². The lowest BCUT2D eigenvalue weighted by molar-refractivity contribution is 0.386. The molecule has 1 N–H and O–H groups in total. The van der Waals surface area contributed by atoms with Crippen molar-refractivity contribution in [3.05, 3.63) is 88.6 Å². The van der Waals surface area contributed by atoms with Gasteiger partial charge in [-0.15, -0.1) is 11.3 Å². The number of rotatable bonds is 7. The molecule has 0 unspecified atom stereocenters. The number of aromatic nitrogens is 2. The number of benzene rings is 2. The lowest BCUT2D eigenvalue weighted by Crippen LogP contribution is -2.16. The number of sulfonamides is 1. The van der Waals surface area contributed by atoms with Crippen LogP contribution < -0.4 is 4.72 Å². The minimum Gasteiger partial charge on any atom is -0.339 e. The molecule has 2 heterocycles. The maximum absolute atomic E-state index is 12.7. The predicted octanol–water partition coefficient (Wildman–Crippen LogP) is 4.64. The first-order valence-corrected chi connectivity index (χ1v) is 11.5. The topological polar surface area (TPSA) is 85.1 Å². The molecular formula is C21H19N3O3S2. The average molecular weight is 426 g/mol. The molecule has 0 atom stereocenters. The highest BCUT2D eigenvalue weighted by atomic mass is 32.2. The molecule has 0 aliphatic heterocycles. The summed E-state index contributed by atoms with van der Waals surface area (Å²) in [6.45, 7) is 1.94. The fourth-order valence-electron chi connectivity index (χ4n) is 2.99. The van der Waals surface area contributed by atoms with Crippen molar-refractivity contribution in [2.24, 2.45) is 0 Å². The van der Waals surface area contributed by atoms with E-state index in [1.165, 1.54) is 11.3 Å². The van der Waals surface area contributed by atoms with Gasteiger partial charge in [0.05, 0.1) is 22.7 Å². The van der Waals surface area contributed by atoms with Crippen LogP contribution in [-0.2, 0) is 22.2 Å². The van der Waals surface area contributed by atoms with E-state index in [2.05, 4.69) is 14.9 Å². The van der Waals surface area contributed by atoms with Crippen LogP contribution in [0, 0.1) is 6.92 Å². The second-order valence-corrected chi connectivity index (χ2v) is 9.34. The van der Waals surface area contributed by atoms with E-state index in [9.17, 15) is 8.42 Å². The zero-order chi connectivity index (χ0) is 20.3. The monoisotopic (exact) mass is 425 g/mol. The molecule has 0 spiro atoms. The molecular weight excluding hydrogens is 406 g/mol. The quantitative estimate of drug-likeness (QED) is 0.466. The zero-order valence-electron chi connectivity index (χ0n) is 15.7. The SMILES string of the molecule is Cc1cccc(CS(=O)(=O)Nc2ccccc2Cc2nc(-c3cccs3)no2)c1. The standard InChI is InChI=1S/C21H19N3O3S2/c1-15-6-4-7-16(12-15)14-29(25,26)24-18-9-3-2-8-17(18)13-20-22-21(23-27-20)19-10-5-11-28-19/h2-12,24H,13-14H2,1H3. The molecule has 4 rings (SSSR count). The minimum absolute atomic E-state index is 0.0912. The second kappa shape index (κ2) is 8.18. The highest BCUT2D eigenvalue weighted by molar-refractivity contribution is 7.91. The second-order valence-electron chi connectivity index (χ2n) is 6.67. The van der Waals surface area contributed by atoms with Crippen LogP contribution in [0.15, 0.2) is 70.6 Å². The van der Waals surface area contributed by atoms with Gasteiger partial charge in [-0.05, 0) is 35.6 Å². The Labute approximate surface area is 173 Å². The summed E-state index contributed by atoms with van der Waals surface area (Å²) in [5.74, 6) is 0.873. The molecule has 2 aromatic heterocycles. The van der Waals surface area contributed by atoms with Crippen molar-refractivity contribution in [1.82, 2.24) is 10.1 Å². The van der Waals surface area contributed by atoms with Crippen molar-refractivity contribution in [2.75, 3.05) is 4.72 Å². The molecule has 0 radical (unpaired) electrons. The third-order valence-electron chi connectivity index (χ3n) is 4.27. The number of nitrogens with zero attached hydrogens (tertiary/aromatic N) is 2. The van der Waals surface area contributed by atoms with Crippen LogP contribution in [0.5, 0.6) is 0 Å². The van der Waals surface area contributed by atoms with Gasteiger partial charge in [-0.1, -0.05) is 59.3 Å². The van der Waals surface area contributed by atoms with Gasteiger partial charge in [0, 0.05) is 0 Å². The molecule has 0 saturated carbocycles. The maximum Gasteiger partial charge on any atom is 0.236 e. The van der Waals surface area contributed by atoms with Crippen LogP contribution in [0.1, 0.15) is 22.6 Å². The summed E-state index contributed by atoms with van der Waals surface area (Å²) in [5.41, 5.74) is 3.04. The lowest BCUT2D eigenvalue weighted by Gasteiger charge is -2.12. The Balaban J connectivity index is 1.52. The maximum atomic E-state index is 12.7. The summed E-state index contributed by atoms with van der Waals surface area (Å²) in [6.07, 6.45) is 0.335. The van der Waals surface area contributed by atoms with Gasteiger partial charge < -0.3 is 4.52 Å². The Morgan fingerprint density at radius 1 is 1.07 bits per heavy atom. The van der Waals surface area contributed by atoms with Crippen LogP contribution >= 0.6 is 11.3 Å². The first-order valence-electron chi connectivity index (χ1n) is 8.99. The van der Waals surface area contributed by atoms with E-state index >= 15 is 0 Å². The molecule has 0 saturated heterocycles. The number of anilines is 1. The fraction of sp³-hybridized carbons (Fsp3) is 0.143. The Bertz CT molecular complexity index is 1220. The summed E-state index contributed by atoms with van der Waals surface area (Å²) in [6, 6.07) is 18.5. The van der Waals surface area contributed by atoms with E-state index in [1.54, 1.807) is 12.1 Å². The third kappa shape index (κ3) is 4.90. The third-order valence-corrected chi connectivity index (χ3v) is 6.38. The highest BCUT2D eigenvalue weighted by Gasteiger charge is 2.16. The lowest BCUT2D eigenvalue weighted by atomic mass is 10.1. The first kappa shape index (κ1) is 19.4. The van der Waals surface area contributed by atoms with E-state index in [0.29, 0.717) is 23.8 Å². The molecule has 4 aromatic rings. The first-order chi connectivity index (χ1) is 14.0. The number of thiophene rings is 1. The van der Waals surface area contributed by atoms with Gasteiger partial charge in [0.15, 0.2) is 0 Å². The van der Waals surface area contributed by atoms with Crippen molar-refractivity contribution in [3.63, 3.8) is 0 Å². The van der Waals surface area contributed by atoms with Gasteiger partial charge in [0.1, 0.15) is 0 Å². The van der Waals surface area contributed by atoms with Gasteiger partial charge in [-0.2, -0.15) is 4.98 Å². The van der Waals surface area contributed by atoms with E-state index < -0.39 is 10.0 Å². The summed E-state index contributed by atoms with van der Waals surface area (Å²) in [5, 5.41) is 5.96. The Morgan fingerprint density at radius 3 is 2.72 bits per heavy atom. The smallest absolute Gasteiger partial charge is 0.236 e. The molecule has 0 amide bonds. The number of hydrogen-bond acceptors (Lipinski definition) is 6. The van der Waals surface area contributed by atoms with Crippen LogP contribution in [0.25, 0.3) is 10.7 Å². The summed E-state index contributed by atoms with van der Waals surface area (Å²) < 4.78 is 33.4. The summed E-state index contributed by atoms with van der Waals surface area (Å²) in [4.78, 5) is 5.34. The largest absolute Gasteiger partial charge is 0.339 e. The van der Waals surface area contributed by atoms with Crippen LogP contribution in [0.3, 0.4) is 0 Å². The minimum atomic E-state index is -3.56. The van der Waals surface area contributed by atoms with Gasteiger partial charge >= 0.3 is 0 Å². The molecule has 29 heavy (non-hydrogen) atoms. The van der Waals surface area contributed by atoms with Crippen molar-refractivity contribution in [3.8, 4) is 10.7 Å². The van der Waals surface area contributed by atoms with Crippen LogP contribution in [-0.4, -0.2) is 18.6 Å². The van der Waals surface area contributed by atoms with Crippen LogP contribution in [0.2, 0.25) is 0 Å². The predicted molar refractivity (Wildman–Crippen MR) is 114 cm³/mol. The normalized spacial score (nSPS) is 11.5. The number of para-hydroxylation sites is 1. The number of aryl methyl sites for hydroxylation is 1. The summed E-state index contributed by atoms with van der Waals surface area (Å²) >= 11 is 1.53. The number of hydrogen-bond donors (Lipinski definition) is 1. The molecule has 0 aliphatic carbocycles. The Kier molecular flexibility index (Phi) is 5.46. The van der Waals surface area contributed by atoms with E-state index in [4.69, 9.17) is 4.52 Å². The molecule has 0 aliphatic rings. The van der Waals surface area contributed by atoms with Crippen molar-refractivity contribution in [1.29, 1.82) is 0 Å². The Morgan fingerprint density at radius 2 is 1.93 bits per heavy atom. The molecule has 6 nitrogen and oxygen atoms in total. The van der Waals surface area contributed by atoms with Crippen LogP contribution in [0.4, 0.5) is 5.69 Å². The molecule has 148 valence electrons. The highest BCUT2D eigenvalue weighted by Crippen LogP contribution is 2.24. The van der Waals surface area contributed by atoms with Gasteiger partial charge in [0.25, 0.3) is 0 Å². The van der Waals surface area contributed by atoms with E-state index in [0.717, 1.165) is 21.6 Å². The fourth-order valence-corrected chi connectivity index (χ4v) is 4.87. The summed E-state index contributed by atoms with van der Waals surface area (Å²) in [7, 11) is -3.56. The van der Waals surface area contributed by atoms with Crippen molar-refractivity contribution < 1.29 is 12.9 Å². The molecule has 0 bridgehead atoms. The molecule has 8 heteroatoms. The molecule has 0 fully saturated rings. The van der Waals surface area contributed by atoms with E-state index in [1.807, 2.05) is 60.8 Å². The average Bonchev–Trinajstić information content (AvgIpc) is 3.34. The zero-order valence-corrected chi connectivity index (χ0v) is 17.3. The van der Waals surface area contributed by atoms with Crippen molar-refractivity contribution in [2.45, 2.75) is 19.1 Å². The Hall–Kier alpha value is -2.97. The molecule has 2 aromatic carbocycles. The van der Waals surface area contributed by atoms with E-state index in [-0.39, 0.29) is 5.75 Å². The number of nitrogens with one attached hydrogen (secondary N) is 1. The van der Waals surface area contributed by atoms with Gasteiger partial charge in [-0.25, -0.2) is 8.42 Å².